The molecule has 0 heterocycles. The maximum absolute atomic E-state index is 9.33. The van der Waals surface area contributed by atoms with Gasteiger partial charge < -0.3 is 9.84 Å². The third-order valence-electron chi connectivity index (χ3n) is 2.58. The molecule has 0 amide bonds. The van der Waals surface area contributed by atoms with Gasteiger partial charge in [-0.1, -0.05) is 6.58 Å². The normalized spacial score (nSPS) is 10.3. The molecule has 88 valence electrons. The van der Waals surface area contributed by atoms with Gasteiger partial charge in [0.15, 0.2) is 0 Å². The zero-order valence-corrected chi connectivity index (χ0v) is 11.1. The van der Waals surface area contributed by atoms with Crippen LogP contribution in [0.2, 0.25) is 0 Å². The molecule has 2 nitrogen and oxygen atoms in total. The molecule has 0 aromatic heterocycles. The highest BCUT2D eigenvalue weighted by Gasteiger charge is 2.15. The Morgan fingerprint density at radius 1 is 1.56 bits per heavy atom. The fourth-order valence-corrected chi connectivity index (χ4v) is 2.72. The van der Waals surface area contributed by atoms with Crippen LogP contribution in [0.3, 0.4) is 0 Å². The van der Waals surface area contributed by atoms with Crippen LogP contribution in [0.5, 0.6) is 5.75 Å². The minimum atomic E-state index is 0.0316. The van der Waals surface area contributed by atoms with Gasteiger partial charge in [-0.3, -0.25) is 0 Å². The minimum Gasteiger partial charge on any atom is -0.496 e. The lowest BCUT2D eigenvalue weighted by Crippen LogP contribution is -1.99. The van der Waals surface area contributed by atoms with Crippen molar-refractivity contribution in [3.8, 4) is 5.75 Å². The van der Waals surface area contributed by atoms with Crippen LogP contribution in [0, 0.1) is 6.92 Å². The average Bonchev–Trinajstić information content (AvgIpc) is 2.26. The Kier molecular flexibility index (Phi) is 4.44. The summed E-state index contributed by atoms with van der Waals surface area (Å²) in [6.45, 7) is 8.01. The van der Waals surface area contributed by atoms with Crippen molar-refractivity contribution in [3.05, 3.63) is 29.3 Å². The molecule has 0 unspecified atom stereocenters. The molecule has 0 radical (unpaired) electrons. The SMILES string of the molecule is C=C(C)c1c(OC)cc(CO)c(SC)c1C. The van der Waals surface area contributed by atoms with Crippen molar-refractivity contribution in [2.75, 3.05) is 13.4 Å². The minimum absolute atomic E-state index is 0.0316. The first-order chi connectivity index (χ1) is 7.56. The summed E-state index contributed by atoms with van der Waals surface area (Å²) in [5.41, 5.74) is 4.06. The molecule has 3 heteroatoms. The van der Waals surface area contributed by atoms with Crippen LogP contribution in [0.4, 0.5) is 0 Å². The molecular weight excluding hydrogens is 220 g/mol. The molecule has 1 aromatic rings. The number of hydrogen-bond donors (Lipinski definition) is 1. The van der Waals surface area contributed by atoms with Crippen molar-refractivity contribution in [1.82, 2.24) is 0 Å². The second kappa shape index (κ2) is 5.41. The Morgan fingerprint density at radius 3 is 2.56 bits per heavy atom. The summed E-state index contributed by atoms with van der Waals surface area (Å²) >= 11 is 1.64. The average molecular weight is 238 g/mol. The third kappa shape index (κ3) is 2.25. The Labute approximate surface area is 101 Å². The molecule has 0 spiro atoms. The van der Waals surface area contributed by atoms with Gasteiger partial charge in [-0.2, -0.15) is 0 Å². The van der Waals surface area contributed by atoms with Crippen LogP contribution in [0.1, 0.15) is 23.6 Å². The van der Waals surface area contributed by atoms with Crippen molar-refractivity contribution in [3.63, 3.8) is 0 Å². The van der Waals surface area contributed by atoms with Crippen LogP contribution in [-0.4, -0.2) is 18.5 Å². The van der Waals surface area contributed by atoms with Crippen LogP contribution < -0.4 is 4.74 Å². The number of aliphatic hydroxyl groups excluding tert-OH is 1. The largest absolute Gasteiger partial charge is 0.496 e. The fourth-order valence-electron chi connectivity index (χ4n) is 1.93. The van der Waals surface area contributed by atoms with Gasteiger partial charge in [-0.25, -0.2) is 0 Å². The van der Waals surface area contributed by atoms with E-state index in [9.17, 15) is 5.11 Å². The maximum Gasteiger partial charge on any atom is 0.127 e. The quantitative estimate of drug-likeness (QED) is 0.816. The molecule has 0 aliphatic carbocycles. The molecule has 0 aliphatic rings. The van der Waals surface area contributed by atoms with Crippen molar-refractivity contribution in [2.24, 2.45) is 0 Å². The van der Waals surface area contributed by atoms with E-state index in [1.54, 1.807) is 18.9 Å². The monoisotopic (exact) mass is 238 g/mol. The predicted molar refractivity (Wildman–Crippen MR) is 70.1 cm³/mol. The first kappa shape index (κ1) is 13.1. The molecule has 1 N–H and O–H groups in total. The Morgan fingerprint density at radius 2 is 2.19 bits per heavy atom. The number of ether oxygens (including phenoxy) is 1. The number of thioether (sulfide) groups is 1. The number of methoxy groups -OCH3 is 1. The van der Waals surface area contributed by atoms with E-state index in [0.29, 0.717) is 0 Å². The summed E-state index contributed by atoms with van der Waals surface area (Å²) < 4.78 is 5.35. The molecule has 0 aliphatic heterocycles. The standard InChI is InChI=1S/C13H18O2S/c1-8(2)12-9(3)13(16-5)10(7-14)6-11(12)15-4/h6,14H,1,7H2,2-5H3. The number of allylic oxidation sites excluding steroid dienone is 1. The van der Waals surface area contributed by atoms with Crippen molar-refractivity contribution < 1.29 is 9.84 Å². The van der Waals surface area contributed by atoms with E-state index in [1.807, 2.05) is 26.2 Å². The van der Waals surface area contributed by atoms with Crippen LogP contribution >= 0.6 is 11.8 Å². The van der Waals surface area contributed by atoms with E-state index in [1.165, 1.54) is 0 Å². The van der Waals surface area contributed by atoms with E-state index in [4.69, 9.17) is 4.74 Å². The number of aliphatic hydroxyl groups is 1. The lowest BCUT2D eigenvalue weighted by Gasteiger charge is -2.17. The molecule has 1 rings (SSSR count). The highest BCUT2D eigenvalue weighted by atomic mass is 32.2. The smallest absolute Gasteiger partial charge is 0.127 e. The molecule has 0 fully saturated rings. The number of benzene rings is 1. The van der Waals surface area contributed by atoms with E-state index >= 15 is 0 Å². The maximum atomic E-state index is 9.33. The molecular formula is C13H18O2S. The first-order valence-corrected chi connectivity index (χ1v) is 6.30. The number of hydrogen-bond acceptors (Lipinski definition) is 3. The van der Waals surface area contributed by atoms with Gasteiger partial charge in [0.05, 0.1) is 13.7 Å². The summed E-state index contributed by atoms with van der Waals surface area (Å²) in [6.07, 6.45) is 2.01. The zero-order chi connectivity index (χ0) is 12.3. The van der Waals surface area contributed by atoms with Gasteiger partial charge >= 0.3 is 0 Å². The molecule has 0 saturated heterocycles. The summed E-state index contributed by atoms with van der Waals surface area (Å²) in [7, 11) is 1.64. The summed E-state index contributed by atoms with van der Waals surface area (Å²) in [5, 5.41) is 9.33. The third-order valence-corrected chi connectivity index (χ3v) is 3.56. The lowest BCUT2D eigenvalue weighted by molar-refractivity contribution is 0.277. The fraction of sp³-hybridized carbons (Fsp3) is 0.385. The Bertz CT molecular complexity index is 411. The lowest BCUT2D eigenvalue weighted by atomic mass is 9.99. The summed E-state index contributed by atoms with van der Waals surface area (Å²) in [5.74, 6) is 0.784. The van der Waals surface area contributed by atoms with Crippen molar-refractivity contribution >= 4 is 17.3 Å². The van der Waals surface area contributed by atoms with Gasteiger partial charge in [0.2, 0.25) is 0 Å². The number of rotatable bonds is 4. The molecule has 1 aromatic carbocycles. The summed E-state index contributed by atoms with van der Waals surface area (Å²) in [4.78, 5) is 1.11. The summed E-state index contributed by atoms with van der Waals surface area (Å²) in [6, 6.07) is 1.89. The Hall–Kier alpha value is -0.930. The first-order valence-electron chi connectivity index (χ1n) is 5.08. The van der Waals surface area contributed by atoms with E-state index < -0.39 is 0 Å². The van der Waals surface area contributed by atoms with Gasteiger partial charge in [-0.15, -0.1) is 11.8 Å². The van der Waals surface area contributed by atoms with Crippen LogP contribution in [-0.2, 0) is 6.61 Å². The second-order valence-electron chi connectivity index (χ2n) is 3.71. The highest BCUT2D eigenvalue weighted by Crippen LogP contribution is 2.37. The van der Waals surface area contributed by atoms with E-state index in [2.05, 4.69) is 6.58 Å². The van der Waals surface area contributed by atoms with E-state index in [0.717, 1.165) is 32.9 Å². The molecule has 0 saturated carbocycles. The van der Waals surface area contributed by atoms with Gasteiger partial charge in [-0.05, 0) is 42.9 Å². The molecule has 0 bridgehead atoms. The highest BCUT2D eigenvalue weighted by molar-refractivity contribution is 7.98. The topological polar surface area (TPSA) is 29.5 Å². The van der Waals surface area contributed by atoms with Crippen molar-refractivity contribution in [2.45, 2.75) is 25.3 Å². The van der Waals surface area contributed by atoms with Gasteiger partial charge in [0.1, 0.15) is 5.75 Å². The molecule has 16 heavy (non-hydrogen) atoms. The molecule has 0 atom stereocenters. The van der Waals surface area contributed by atoms with Crippen molar-refractivity contribution in [1.29, 1.82) is 0 Å². The zero-order valence-electron chi connectivity index (χ0n) is 10.3. The predicted octanol–water partition coefficient (Wildman–Crippen LogP) is 3.25. The van der Waals surface area contributed by atoms with Gasteiger partial charge in [0.25, 0.3) is 0 Å². The van der Waals surface area contributed by atoms with Gasteiger partial charge in [0, 0.05) is 10.5 Å². The van der Waals surface area contributed by atoms with E-state index in [-0.39, 0.29) is 6.61 Å². The van der Waals surface area contributed by atoms with Crippen LogP contribution in [0.15, 0.2) is 17.5 Å². The van der Waals surface area contributed by atoms with Crippen LogP contribution in [0.25, 0.3) is 5.57 Å². The second-order valence-corrected chi connectivity index (χ2v) is 4.53. The Balaban J connectivity index is 3.55.